The van der Waals surface area contributed by atoms with Crippen molar-refractivity contribution in [3.8, 4) is 0 Å². The fourth-order valence-electron chi connectivity index (χ4n) is 2.89. The Morgan fingerprint density at radius 3 is 2.62 bits per heavy atom. The molecule has 1 unspecified atom stereocenters. The maximum Gasteiger partial charge on any atom is 0.238 e. The minimum atomic E-state index is -3.02. The third kappa shape index (κ3) is 4.46. The summed E-state index contributed by atoms with van der Waals surface area (Å²) in [5, 5.41) is 2.84. The molecule has 1 aromatic carbocycles. The van der Waals surface area contributed by atoms with Crippen molar-refractivity contribution in [3.05, 3.63) is 54.5 Å². The van der Waals surface area contributed by atoms with Gasteiger partial charge in [0.25, 0.3) is 0 Å². The molecule has 2 aromatic rings. The van der Waals surface area contributed by atoms with Gasteiger partial charge in [-0.15, -0.1) is 0 Å². The molecular formula is C17H20N2O4S. The fourth-order valence-corrected chi connectivity index (χ4v) is 4.65. The number of hydrogen-bond donors (Lipinski definition) is 1. The number of nitrogens with zero attached hydrogens (tertiary/aromatic N) is 1. The van der Waals surface area contributed by atoms with Crippen LogP contribution >= 0.6 is 0 Å². The molecule has 6 nitrogen and oxygen atoms in total. The molecule has 0 saturated carbocycles. The summed E-state index contributed by atoms with van der Waals surface area (Å²) < 4.78 is 28.9. The van der Waals surface area contributed by atoms with Gasteiger partial charge in [-0.2, -0.15) is 0 Å². The maximum atomic E-state index is 12.3. The highest BCUT2D eigenvalue weighted by Crippen LogP contribution is 2.20. The lowest BCUT2D eigenvalue weighted by molar-refractivity contribution is -0.118. The molecule has 1 aliphatic rings. The van der Waals surface area contributed by atoms with Crippen LogP contribution < -0.4 is 5.32 Å². The Morgan fingerprint density at radius 2 is 2.00 bits per heavy atom. The summed E-state index contributed by atoms with van der Waals surface area (Å²) in [4.78, 5) is 14.2. The summed E-state index contributed by atoms with van der Waals surface area (Å²) in [5.74, 6) is 0.808. The van der Waals surface area contributed by atoms with Crippen molar-refractivity contribution in [2.75, 3.05) is 23.4 Å². The van der Waals surface area contributed by atoms with E-state index in [1.165, 1.54) is 0 Å². The van der Waals surface area contributed by atoms with E-state index in [2.05, 4.69) is 5.32 Å². The molecule has 1 saturated heterocycles. The Hall–Kier alpha value is -2.12. The van der Waals surface area contributed by atoms with Crippen LogP contribution in [0.2, 0.25) is 0 Å². The van der Waals surface area contributed by atoms with Gasteiger partial charge in [0.05, 0.1) is 30.9 Å². The van der Waals surface area contributed by atoms with Crippen LogP contribution in [0.15, 0.2) is 53.1 Å². The molecule has 7 heteroatoms. The Morgan fingerprint density at radius 1 is 1.21 bits per heavy atom. The Bertz CT molecular complexity index is 772. The molecule has 0 radical (unpaired) electrons. The molecule has 1 atom stereocenters. The quantitative estimate of drug-likeness (QED) is 0.862. The van der Waals surface area contributed by atoms with Gasteiger partial charge in [0.15, 0.2) is 9.84 Å². The molecule has 1 amide bonds. The lowest BCUT2D eigenvalue weighted by Crippen LogP contribution is -2.41. The summed E-state index contributed by atoms with van der Waals surface area (Å²) >= 11 is 0. The summed E-state index contributed by atoms with van der Waals surface area (Å²) in [5.41, 5.74) is 0.722. The maximum absolute atomic E-state index is 12.3. The number of amides is 1. The number of carbonyl (C=O) groups is 1. The highest BCUT2D eigenvalue weighted by Gasteiger charge is 2.33. The normalized spacial score (nSPS) is 19.5. The third-order valence-electron chi connectivity index (χ3n) is 4.07. The molecule has 2 heterocycles. The largest absolute Gasteiger partial charge is 0.468 e. The Balaban J connectivity index is 1.68. The number of sulfone groups is 1. The van der Waals surface area contributed by atoms with Crippen molar-refractivity contribution in [1.29, 1.82) is 0 Å². The number of carbonyl (C=O) groups excluding carboxylic acids is 1. The van der Waals surface area contributed by atoms with Gasteiger partial charge in [-0.25, -0.2) is 8.42 Å². The second kappa shape index (κ2) is 7.19. The average molecular weight is 348 g/mol. The Kier molecular flexibility index (Phi) is 5.01. The van der Waals surface area contributed by atoms with Crippen LogP contribution in [-0.4, -0.2) is 43.3 Å². The van der Waals surface area contributed by atoms with Gasteiger partial charge in [-0.1, -0.05) is 18.2 Å². The Labute approximate surface area is 141 Å². The molecule has 0 aliphatic carbocycles. The molecule has 1 aliphatic heterocycles. The SMILES string of the molecule is O=C(CN(Cc1ccco1)C1CCS(=O)(=O)C1)Nc1ccccc1. The molecule has 0 bridgehead atoms. The molecular weight excluding hydrogens is 328 g/mol. The summed E-state index contributed by atoms with van der Waals surface area (Å²) in [6.07, 6.45) is 2.12. The van der Waals surface area contributed by atoms with E-state index in [1.807, 2.05) is 41.3 Å². The zero-order valence-electron chi connectivity index (χ0n) is 13.2. The standard InChI is InChI=1S/C17H20N2O4S/c20-17(18-14-5-2-1-3-6-14)12-19(11-16-7-4-9-23-16)15-8-10-24(21,22)13-15/h1-7,9,15H,8,10-13H2,(H,18,20). The number of hydrogen-bond acceptors (Lipinski definition) is 5. The summed E-state index contributed by atoms with van der Waals surface area (Å²) in [6.45, 7) is 0.533. The van der Waals surface area contributed by atoms with E-state index in [-0.39, 0.29) is 30.0 Å². The van der Waals surface area contributed by atoms with Gasteiger partial charge >= 0.3 is 0 Å². The van der Waals surface area contributed by atoms with E-state index in [0.717, 1.165) is 5.69 Å². The topological polar surface area (TPSA) is 79.6 Å². The van der Waals surface area contributed by atoms with Crippen molar-refractivity contribution < 1.29 is 17.6 Å². The second-order valence-corrected chi connectivity index (χ2v) is 8.18. The first-order valence-corrected chi connectivity index (χ1v) is 9.66. The van der Waals surface area contributed by atoms with Crippen molar-refractivity contribution in [2.24, 2.45) is 0 Å². The molecule has 128 valence electrons. The molecule has 1 aromatic heterocycles. The summed E-state index contributed by atoms with van der Waals surface area (Å²) in [7, 11) is -3.02. The average Bonchev–Trinajstić information content (AvgIpc) is 3.17. The first kappa shape index (κ1) is 16.7. The minimum Gasteiger partial charge on any atom is -0.468 e. The highest BCUT2D eigenvalue weighted by molar-refractivity contribution is 7.91. The van der Waals surface area contributed by atoms with Gasteiger partial charge in [-0.3, -0.25) is 9.69 Å². The van der Waals surface area contributed by atoms with Gasteiger partial charge in [0, 0.05) is 11.7 Å². The predicted octanol–water partition coefficient (Wildman–Crippen LogP) is 1.91. The van der Waals surface area contributed by atoms with Crippen molar-refractivity contribution in [1.82, 2.24) is 4.90 Å². The molecule has 3 rings (SSSR count). The zero-order valence-corrected chi connectivity index (χ0v) is 14.0. The van der Waals surface area contributed by atoms with Crippen molar-refractivity contribution in [3.63, 3.8) is 0 Å². The van der Waals surface area contributed by atoms with E-state index in [1.54, 1.807) is 12.3 Å². The number of rotatable bonds is 6. The van der Waals surface area contributed by atoms with Crippen molar-refractivity contribution in [2.45, 2.75) is 19.0 Å². The zero-order chi connectivity index (χ0) is 17.0. The van der Waals surface area contributed by atoms with Crippen molar-refractivity contribution >= 4 is 21.4 Å². The molecule has 1 N–H and O–H groups in total. The van der Waals surface area contributed by atoms with Crippen LogP contribution in [0.1, 0.15) is 12.2 Å². The van der Waals surface area contributed by atoms with Crippen LogP contribution in [0, 0.1) is 0 Å². The van der Waals surface area contributed by atoms with Crippen LogP contribution in [-0.2, 0) is 21.2 Å². The van der Waals surface area contributed by atoms with Crippen LogP contribution in [0.25, 0.3) is 0 Å². The number of anilines is 1. The molecule has 0 spiro atoms. The van der Waals surface area contributed by atoms with Gasteiger partial charge in [0.1, 0.15) is 5.76 Å². The van der Waals surface area contributed by atoms with E-state index in [9.17, 15) is 13.2 Å². The third-order valence-corrected chi connectivity index (χ3v) is 5.82. The van der Waals surface area contributed by atoms with E-state index in [4.69, 9.17) is 4.42 Å². The lowest BCUT2D eigenvalue weighted by Gasteiger charge is -2.26. The van der Waals surface area contributed by atoms with E-state index >= 15 is 0 Å². The van der Waals surface area contributed by atoms with Gasteiger partial charge < -0.3 is 9.73 Å². The first-order valence-electron chi connectivity index (χ1n) is 7.83. The number of benzene rings is 1. The fraction of sp³-hybridized carbons (Fsp3) is 0.353. The number of para-hydroxylation sites is 1. The smallest absolute Gasteiger partial charge is 0.238 e. The predicted molar refractivity (Wildman–Crippen MR) is 91.2 cm³/mol. The molecule has 24 heavy (non-hydrogen) atoms. The number of nitrogens with one attached hydrogen (secondary N) is 1. The number of furan rings is 1. The highest BCUT2D eigenvalue weighted by atomic mass is 32.2. The van der Waals surface area contributed by atoms with E-state index in [0.29, 0.717) is 18.7 Å². The minimum absolute atomic E-state index is 0.0896. The van der Waals surface area contributed by atoms with Crippen LogP contribution in [0.4, 0.5) is 5.69 Å². The van der Waals surface area contributed by atoms with E-state index < -0.39 is 9.84 Å². The van der Waals surface area contributed by atoms with Gasteiger partial charge in [-0.05, 0) is 30.7 Å². The lowest BCUT2D eigenvalue weighted by atomic mass is 10.2. The second-order valence-electron chi connectivity index (χ2n) is 5.96. The monoisotopic (exact) mass is 348 g/mol. The first-order chi connectivity index (χ1) is 11.5. The van der Waals surface area contributed by atoms with Gasteiger partial charge in [0.2, 0.25) is 5.91 Å². The van der Waals surface area contributed by atoms with Crippen LogP contribution in [0.5, 0.6) is 0 Å². The molecule has 1 fully saturated rings. The van der Waals surface area contributed by atoms with Crippen LogP contribution in [0.3, 0.4) is 0 Å². The summed E-state index contributed by atoms with van der Waals surface area (Å²) in [6, 6.07) is 12.6.